The summed E-state index contributed by atoms with van der Waals surface area (Å²) in [7, 11) is 4.20. The summed E-state index contributed by atoms with van der Waals surface area (Å²) in [6, 6.07) is 44.7. The van der Waals surface area contributed by atoms with Gasteiger partial charge in [-0.15, -0.1) is 12.4 Å². The molecule has 6 aromatic carbocycles. The van der Waals surface area contributed by atoms with Gasteiger partial charge in [-0.3, -0.25) is 10.1 Å². The second-order valence-corrected chi connectivity index (χ2v) is 28.4. The second-order valence-electron chi connectivity index (χ2n) is 28.4. The Morgan fingerprint density at radius 1 is 0.408 bits per heavy atom. The summed E-state index contributed by atoms with van der Waals surface area (Å²) in [6.07, 6.45) is 17.9. The number of aromatic nitrogens is 6. The van der Waals surface area contributed by atoms with Crippen molar-refractivity contribution in [1.82, 2.24) is 36.1 Å². The Balaban J connectivity index is 0.000000137. The van der Waals surface area contributed by atoms with Crippen LogP contribution in [0, 0.1) is 10.1 Å². The fourth-order valence-corrected chi connectivity index (χ4v) is 15.3. The molecule has 98 heavy (non-hydrogen) atoms. The molecule has 3 saturated carbocycles. The van der Waals surface area contributed by atoms with Crippen LogP contribution in [0.25, 0.3) is 32.7 Å². The maximum atomic E-state index is 11.4. The second kappa shape index (κ2) is 30.2. The third-order valence-electron chi connectivity index (χ3n) is 21.7. The summed E-state index contributed by atoms with van der Waals surface area (Å²) >= 11 is 0. The molecular weight excluding hydrogens is 1280 g/mol. The molecule has 0 amide bonds. The number of halogens is 1. The first kappa shape index (κ1) is 69.8. The SMILES string of the molecule is C.CN(C)c1ccc2nc(C3CC3)nc(N3CCC(c4ccccc4N4CCC4)CC3)c2c1.Cl.N.Nc1ccc2nc(C3CC3)nc(N3CCC(c4ccccc4N4CCC4)CC3)c2c1.O=[N+]([O-])c1ccc2nc(C3CC3)nc(N3CCC(c4ccccc4N4CCC4)CC3)c2c1.[Fe]. The zero-order chi connectivity index (χ0) is 63.4. The molecule has 9 heterocycles. The Morgan fingerprint density at radius 2 is 0.735 bits per heavy atom. The molecule has 3 aliphatic carbocycles. The number of nitro benzene ring substituents is 1. The molecule has 18 rings (SSSR count). The molecular formula is C78H97ClFeN16O2. The van der Waals surface area contributed by atoms with Crippen LogP contribution < -0.4 is 46.2 Å². The van der Waals surface area contributed by atoms with E-state index in [0.29, 0.717) is 35.5 Å². The van der Waals surface area contributed by atoms with Crippen molar-refractivity contribution >= 4 is 96.7 Å². The maximum absolute atomic E-state index is 11.4. The fourth-order valence-electron chi connectivity index (χ4n) is 15.3. The molecule has 5 N–H and O–H groups in total. The van der Waals surface area contributed by atoms with E-state index in [-0.39, 0.29) is 53.7 Å². The van der Waals surface area contributed by atoms with Gasteiger partial charge < -0.3 is 46.2 Å². The molecule has 9 fully saturated rings. The van der Waals surface area contributed by atoms with Crippen molar-refractivity contribution in [3.63, 3.8) is 0 Å². The zero-order valence-electron chi connectivity index (χ0n) is 56.3. The van der Waals surface area contributed by atoms with Crippen LogP contribution in [0.5, 0.6) is 0 Å². The average Bonchev–Trinajstić information content (AvgIpc) is 1.34. The molecule has 18 nitrogen and oxygen atoms in total. The van der Waals surface area contributed by atoms with Gasteiger partial charge >= 0.3 is 0 Å². The van der Waals surface area contributed by atoms with Gasteiger partial charge in [0.05, 0.1) is 21.5 Å². The van der Waals surface area contributed by atoms with Crippen LogP contribution in [0.2, 0.25) is 0 Å². The van der Waals surface area contributed by atoms with Crippen LogP contribution in [0.4, 0.5) is 51.6 Å². The summed E-state index contributed by atoms with van der Waals surface area (Å²) in [5.41, 5.74) is 20.0. The van der Waals surface area contributed by atoms with Crippen LogP contribution in [0.3, 0.4) is 0 Å². The number of nitro groups is 1. The van der Waals surface area contributed by atoms with Gasteiger partial charge in [0.1, 0.15) is 34.9 Å². The minimum Gasteiger partial charge on any atom is -0.399 e. The van der Waals surface area contributed by atoms with Gasteiger partial charge in [0.25, 0.3) is 5.69 Å². The number of nitrogens with zero attached hydrogens (tertiary/aromatic N) is 14. The first-order valence-corrected chi connectivity index (χ1v) is 35.4. The first-order chi connectivity index (χ1) is 46.1. The molecule has 6 saturated heterocycles. The Labute approximate surface area is 594 Å². The summed E-state index contributed by atoms with van der Waals surface area (Å²) in [6.45, 7) is 13.1. The normalized spacial score (nSPS) is 18.7. The number of piperidine rings is 3. The quantitative estimate of drug-likeness (QED) is 0.0450. The van der Waals surface area contributed by atoms with E-state index in [4.69, 9.17) is 35.6 Å². The number of non-ortho nitro benzene ring substituents is 1. The topological polar surface area (TPSA) is 204 Å². The third kappa shape index (κ3) is 14.6. The molecule has 6 aliphatic heterocycles. The maximum Gasteiger partial charge on any atom is 0.270 e. The van der Waals surface area contributed by atoms with Crippen LogP contribution in [0.1, 0.15) is 173 Å². The molecule has 3 aromatic heterocycles. The van der Waals surface area contributed by atoms with E-state index in [1.807, 2.05) is 12.1 Å². The third-order valence-corrected chi connectivity index (χ3v) is 21.7. The van der Waals surface area contributed by atoms with E-state index in [1.165, 1.54) is 123 Å². The fraction of sp³-hybridized carbons (Fsp3) is 0.462. The van der Waals surface area contributed by atoms with Gasteiger partial charge in [-0.1, -0.05) is 62.0 Å². The number of rotatable bonds is 14. The van der Waals surface area contributed by atoms with E-state index in [1.54, 1.807) is 23.8 Å². The van der Waals surface area contributed by atoms with Gasteiger partial charge in [0, 0.05) is 184 Å². The van der Waals surface area contributed by atoms with E-state index in [9.17, 15) is 10.1 Å². The molecule has 0 bridgehead atoms. The van der Waals surface area contributed by atoms with Crippen LogP contribution >= 0.6 is 12.4 Å². The van der Waals surface area contributed by atoms with Crippen molar-refractivity contribution in [2.24, 2.45) is 0 Å². The molecule has 0 spiro atoms. The molecule has 0 atom stereocenters. The number of nitrogen functional groups attached to an aromatic ring is 1. The van der Waals surface area contributed by atoms with E-state index >= 15 is 0 Å². The van der Waals surface area contributed by atoms with Crippen molar-refractivity contribution in [2.75, 3.05) is 133 Å². The molecule has 0 unspecified atom stereocenters. The molecule has 0 radical (unpaired) electrons. The Kier molecular flexibility index (Phi) is 21.5. The number of hydrogen-bond acceptors (Lipinski definition) is 17. The predicted octanol–water partition coefficient (Wildman–Crippen LogP) is 16.1. The average molecular weight is 1380 g/mol. The summed E-state index contributed by atoms with van der Waals surface area (Å²) < 4.78 is 0. The number of fused-ring (bicyclic) bond motifs is 3. The van der Waals surface area contributed by atoms with Gasteiger partial charge in [-0.2, -0.15) is 0 Å². The Morgan fingerprint density at radius 3 is 1.06 bits per heavy atom. The summed E-state index contributed by atoms with van der Waals surface area (Å²) in [5, 5.41) is 14.5. The smallest absolute Gasteiger partial charge is 0.270 e. The minimum absolute atomic E-state index is 0. The predicted molar refractivity (Wildman–Crippen MR) is 401 cm³/mol. The van der Waals surface area contributed by atoms with E-state index in [0.717, 1.165) is 159 Å². The molecule has 20 heteroatoms. The summed E-state index contributed by atoms with van der Waals surface area (Å²) in [4.78, 5) is 57.7. The van der Waals surface area contributed by atoms with Crippen molar-refractivity contribution in [3.05, 3.63) is 172 Å². The summed E-state index contributed by atoms with van der Waals surface area (Å²) in [5.74, 6) is 9.42. The van der Waals surface area contributed by atoms with Crippen molar-refractivity contribution in [3.8, 4) is 0 Å². The van der Waals surface area contributed by atoms with Crippen molar-refractivity contribution in [2.45, 2.75) is 139 Å². The standard InChI is InChI=1S/C27H33N5.C25H27N5O2.C25H29N5.CH4.ClH.Fe.H3N/c1-30(2)21-10-11-24-23(18-21)27(29-26(28-24)20-8-9-20)32-16-12-19(13-17-32)22-6-3-4-7-25(22)31-14-5-15-31;31-30(32)19-8-9-22-21(16-19)25(27-24(26-22)18-6-7-18)29-14-10-17(11-15-29)20-4-1-2-5-23(20)28-12-3-13-28;26-19-8-9-22-21(16-19)25(28-24(27-22)18-6-7-18)30-14-10-17(11-15-30)20-4-1-2-5-23(20)29-12-3-13-29;;;;/h3-4,6-7,10-11,18-20H,5,8-9,12-17H2,1-2H3;1-2,4-5,8-9,16-18H,3,6-7,10-15H2;1-2,4-5,8-9,16-18H,3,6-7,10-15,26H2;1H4;1H;;1H3. The number of hydrogen-bond donors (Lipinski definition) is 2. The Hall–Kier alpha value is -8.09. The number of anilines is 8. The van der Waals surface area contributed by atoms with Crippen LogP contribution in [-0.4, -0.2) is 127 Å². The van der Waals surface area contributed by atoms with Gasteiger partial charge in [0.15, 0.2) is 0 Å². The van der Waals surface area contributed by atoms with Gasteiger partial charge in [-0.05, 0) is 191 Å². The van der Waals surface area contributed by atoms with Gasteiger partial charge in [0.2, 0.25) is 0 Å². The monoisotopic (exact) mass is 1380 g/mol. The minimum atomic E-state index is -0.336. The molecule has 516 valence electrons. The number of benzene rings is 6. The van der Waals surface area contributed by atoms with E-state index in [2.05, 4.69) is 145 Å². The molecule has 9 aliphatic rings. The Bertz CT molecular complexity index is 4260. The van der Waals surface area contributed by atoms with Crippen molar-refractivity contribution < 1.29 is 22.0 Å². The van der Waals surface area contributed by atoms with Crippen LogP contribution in [-0.2, 0) is 17.1 Å². The zero-order valence-corrected chi connectivity index (χ0v) is 58.2. The molecule has 9 aromatic rings. The van der Waals surface area contributed by atoms with Gasteiger partial charge in [-0.25, -0.2) is 29.9 Å². The van der Waals surface area contributed by atoms with Crippen LogP contribution in [0.15, 0.2) is 127 Å². The largest absolute Gasteiger partial charge is 0.399 e. The van der Waals surface area contributed by atoms with Crippen molar-refractivity contribution in [1.29, 1.82) is 0 Å². The van der Waals surface area contributed by atoms with E-state index < -0.39 is 0 Å². The first-order valence-electron chi connectivity index (χ1n) is 35.4. The number of nitrogens with two attached hydrogens (primary N) is 1. The number of para-hydroxylation sites is 3.